The van der Waals surface area contributed by atoms with Crippen molar-refractivity contribution in [2.75, 3.05) is 37.9 Å². The Morgan fingerprint density at radius 1 is 0.586 bits per heavy atom. The van der Waals surface area contributed by atoms with Gasteiger partial charge in [0.1, 0.15) is 29.9 Å². The molecule has 0 heterocycles. The molecule has 0 spiro atoms. The Balaban J connectivity index is 3.51. The first-order valence-corrected chi connectivity index (χ1v) is 17.2. The van der Waals surface area contributed by atoms with Gasteiger partial charge in [-0.15, -0.1) is 0 Å². The van der Waals surface area contributed by atoms with Gasteiger partial charge in [0.15, 0.2) is 0 Å². The molecule has 0 atom stereocenters. The first kappa shape index (κ1) is 30.3. The highest BCUT2D eigenvalue weighted by Gasteiger charge is 2.25. The summed E-state index contributed by atoms with van der Waals surface area (Å²) in [7, 11) is 7.37. The van der Waals surface area contributed by atoms with E-state index in [2.05, 4.69) is 13.8 Å². The van der Waals surface area contributed by atoms with Gasteiger partial charge in [0.25, 0.3) is 0 Å². The van der Waals surface area contributed by atoms with Crippen molar-refractivity contribution in [3.8, 4) is 0 Å². The van der Waals surface area contributed by atoms with E-state index >= 15 is 0 Å². The molecule has 0 aliphatic carbocycles. The molecular formula is C20H42O4S3Si2. The molecule has 0 saturated carbocycles. The minimum Gasteiger partial charge on any atom is -0.355 e. The van der Waals surface area contributed by atoms with Gasteiger partial charge < -0.3 is 18.9 Å². The van der Waals surface area contributed by atoms with Crippen molar-refractivity contribution >= 4 is 50.5 Å². The second-order valence-corrected chi connectivity index (χ2v) is 14.6. The van der Waals surface area contributed by atoms with E-state index in [0.29, 0.717) is 45.5 Å². The molecule has 0 aliphatic rings. The van der Waals surface area contributed by atoms with Gasteiger partial charge in [-0.05, 0) is 64.2 Å². The predicted molar refractivity (Wildman–Crippen MR) is 135 cm³/mol. The number of rotatable bonds is 22. The van der Waals surface area contributed by atoms with Gasteiger partial charge in [-0.3, -0.25) is 0 Å². The van der Waals surface area contributed by atoms with Crippen LogP contribution in [-0.2, 0) is 18.9 Å². The van der Waals surface area contributed by atoms with Crippen LogP contribution in [0.3, 0.4) is 0 Å². The second-order valence-electron chi connectivity index (χ2n) is 6.60. The van der Waals surface area contributed by atoms with Crippen LogP contribution in [0.25, 0.3) is 0 Å². The van der Waals surface area contributed by atoms with E-state index in [-0.39, 0.29) is 10.8 Å². The maximum atomic E-state index is 5.78. The molecule has 0 bridgehead atoms. The van der Waals surface area contributed by atoms with E-state index in [9.17, 15) is 0 Å². The monoisotopic (exact) mass is 498 g/mol. The summed E-state index contributed by atoms with van der Waals surface area (Å²) in [6.07, 6.45) is 5.06. The number of hydrogen-bond donors (Lipinski definition) is 0. The van der Waals surface area contributed by atoms with Gasteiger partial charge in [0, 0.05) is 37.9 Å². The van der Waals surface area contributed by atoms with Crippen LogP contribution >= 0.6 is 31.4 Å². The van der Waals surface area contributed by atoms with Crippen LogP contribution in [0, 0.1) is 0 Å². The maximum absolute atomic E-state index is 5.78. The zero-order valence-electron chi connectivity index (χ0n) is 19.3. The first-order valence-electron chi connectivity index (χ1n) is 10.9. The lowest BCUT2D eigenvalue weighted by atomic mass is 10.4. The quantitative estimate of drug-likeness (QED) is 0.0748. The maximum Gasteiger partial charge on any atom is 0.144 e. The topological polar surface area (TPSA) is 36.9 Å². The van der Waals surface area contributed by atoms with E-state index in [0.717, 1.165) is 0 Å². The van der Waals surface area contributed by atoms with Crippen molar-refractivity contribution in [3.05, 3.63) is 0 Å². The summed E-state index contributed by atoms with van der Waals surface area (Å²) in [4.78, 5) is 0. The Morgan fingerprint density at radius 2 is 0.931 bits per heavy atom. The third-order valence-corrected chi connectivity index (χ3v) is 11.5. The number of ether oxygens (including phenoxy) is 4. The van der Waals surface area contributed by atoms with E-state index < -0.39 is 0 Å². The third kappa shape index (κ3) is 17.5. The average Bonchev–Trinajstić information content (AvgIpc) is 2.66. The van der Waals surface area contributed by atoms with Crippen molar-refractivity contribution in [1.82, 2.24) is 0 Å². The average molecular weight is 499 g/mol. The third-order valence-electron chi connectivity index (χ3n) is 3.98. The van der Waals surface area contributed by atoms with E-state index in [4.69, 9.17) is 18.9 Å². The normalized spacial score (nSPS) is 12.6. The predicted octanol–water partition coefficient (Wildman–Crippen LogP) is 6.31. The Kier molecular flexibility index (Phi) is 20.9. The lowest BCUT2D eigenvalue weighted by Gasteiger charge is -2.28. The van der Waals surface area contributed by atoms with Gasteiger partial charge in [-0.25, -0.2) is 0 Å². The van der Waals surface area contributed by atoms with Crippen LogP contribution < -0.4 is 0 Å². The molecule has 0 rings (SSSR count). The second kappa shape index (κ2) is 20.0. The minimum atomic E-state index is -0.370. The van der Waals surface area contributed by atoms with E-state index in [1.807, 2.05) is 59.1 Å². The van der Waals surface area contributed by atoms with Crippen molar-refractivity contribution in [3.63, 3.8) is 0 Å². The smallest absolute Gasteiger partial charge is 0.144 e. The van der Waals surface area contributed by atoms with E-state index in [1.165, 1.54) is 49.3 Å². The summed E-state index contributed by atoms with van der Waals surface area (Å²) in [5.74, 6) is 2.45. The molecule has 0 fully saturated rings. The lowest BCUT2D eigenvalue weighted by molar-refractivity contribution is -0.163. The molecule has 0 aliphatic heterocycles. The highest BCUT2D eigenvalue weighted by Crippen LogP contribution is 2.35. The van der Waals surface area contributed by atoms with Crippen LogP contribution in [0.2, 0.25) is 12.1 Å². The van der Waals surface area contributed by atoms with Crippen LogP contribution in [0.4, 0.5) is 0 Å². The van der Waals surface area contributed by atoms with Crippen LogP contribution in [0.15, 0.2) is 0 Å². The Morgan fingerprint density at radius 3 is 1.24 bits per heavy atom. The van der Waals surface area contributed by atoms with Gasteiger partial charge in [0.05, 0.1) is 0 Å². The summed E-state index contributed by atoms with van der Waals surface area (Å²) in [5, 5.41) is 0. The van der Waals surface area contributed by atoms with Crippen molar-refractivity contribution in [2.24, 2.45) is 0 Å². The summed E-state index contributed by atoms with van der Waals surface area (Å²) in [5.41, 5.74) is -0.741. The van der Waals surface area contributed by atoms with E-state index in [1.54, 1.807) is 0 Å². The summed E-state index contributed by atoms with van der Waals surface area (Å²) >= 11 is 0. The molecule has 0 saturated heterocycles. The lowest BCUT2D eigenvalue weighted by Crippen LogP contribution is -2.39. The summed E-state index contributed by atoms with van der Waals surface area (Å²) < 4.78 is 23.1. The zero-order chi connectivity index (χ0) is 21.8. The summed E-state index contributed by atoms with van der Waals surface area (Å²) in [6, 6.07) is 2.39. The molecule has 0 aromatic heterocycles. The van der Waals surface area contributed by atoms with Gasteiger partial charge in [0.2, 0.25) is 0 Å². The van der Waals surface area contributed by atoms with Crippen molar-refractivity contribution in [2.45, 2.75) is 90.1 Å². The molecule has 0 N–H and O–H groups in total. The highest BCUT2D eigenvalue weighted by atomic mass is 33.5. The Labute approximate surface area is 196 Å². The van der Waals surface area contributed by atoms with Crippen LogP contribution in [0.5, 0.6) is 0 Å². The van der Waals surface area contributed by atoms with Crippen LogP contribution in [-0.4, -0.2) is 67.8 Å². The molecule has 172 valence electrons. The molecule has 0 amide bonds. The fourth-order valence-corrected chi connectivity index (χ4v) is 9.45. The SMILES string of the molecule is CCOC(C)(OCC)[Si]CCCCSSSCCCC[Si]C(C)(OCC)OCC. The number of unbranched alkanes of at least 4 members (excludes halogenated alkanes) is 2. The number of hydrogen-bond acceptors (Lipinski definition) is 7. The minimum absolute atomic E-state index is 0.370. The zero-order valence-corrected chi connectivity index (χ0v) is 23.8. The van der Waals surface area contributed by atoms with Crippen molar-refractivity contribution in [1.29, 1.82) is 0 Å². The highest BCUT2D eigenvalue weighted by molar-refractivity contribution is 9.09. The first-order chi connectivity index (χ1) is 13.9. The molecule has 4 nitrogen and oxygen atoms in total. The molecule has 0 aromatic carbocycles. The molecular weight excluding hydrogens is 457 g/mol. The molecule has 29 heavy (non-hydrogen) atoms. The van der Waals surface area contributed by atoms with Gasteiger partial charge >= 0.3 is 0 Å². The molecule has 4 radical (unpaired) electrons. The molecule has 0 aromatic rings. The molecule has 9 heteroatoms. The fourth-order valence-electron chi connectivity index (χ4n) is 2.69. The largest absolute Gasteiger partial charge is 0.355 e. The Hall–Kier alpha value is 1.32. The van der Waals surface area contributed by atoms with Gasteiger partial charge in [-0.1, -0.05) is 46.5 Å². The van der Waals surface area contributed by atoms with Crippen LogP contribution in [0.1, 0.15) is 67.2 Å². The molecule has 0 unspecified atom stereocenters. The van der Waals surface area contributed by atoms with Crippen molar-refractivity contribution < 1.29 is 18.9 Å². The van der Waals surface area contributed by atoms with Gasteiger partial charge in [-0.2, -0.15) is 0 Å². The summed E-state index contributed by atoms with van der Waals surface area (Å²) in [6.45, 7) is 15.1. The fraction of sp³-hybridized carbons (Fsp3) is 1.00. The Bertz CT molecular complexity index is 325. The standard InChI is InChI=1S/C20H42O4S3Si2/c1-7-21-19(5,22-8-2)28-17-13-11-15-25-27-26-16-12-14-18-29-20(6,23-9-3)24-10-4/h7-18H2,1-6H3.